The Kier molecular flexibility index (Phi) is 2.93. The molecule has 3 amide bonds. The molecule has 0 N–H and O–H groups in total. The highest BCUT2D eigenvalue weighted by molar-refractivity contribution is 6.07. The summed E-state index contributed by atoms with van der Waals surface area (Å²) in [7, 11) is 0. The van der Waals surface area contributed by atoms with Crippen LogP contribution in [0.15, 0.2) is 30.3 Å². The van der Waals surface area contributed by atoms with Crippen LogP contribution in [-0.2, 0) is 4.79 Å². The predicted octanol–water partition coefficient (Wildman–Crippen LogP) is 2.08. The first-order valence-corrected chi connectivity index (χ1v) is 8.06. The number of imide groups is 1. The second-order valence-corrected chi connectivity index (χ2v) is 6.71. The van der Waals surface area contributed by atoms with Crippen LogP contribution in [0.1, 0.15) is 26.2 Å². The molecule has 116 valence electrons. The number of carbonyl (C=O) groups is 2. The molecule has 3 saturated heterocycles. The number of fused-ring (bicyclic) bond motifs is 1. The van der Waals surface area contributed by atoms with E-state index in [1.54, 1.807) is 9.80 Å². The van der Waals surface area contributed by atoms with E-state index in [1.807, 2.05) is 25.1 Å². The van der Waals surface area contributed by atoms with Crippen molar-refractivity contribution in [3.63, 3.8) is 0 Å². The fourth-order valence-electron chi connectivity index (χ4n) is 4.12. The minimum atomic E-state index is -0.586. The summed E-state index contributed by atoms with van der Waals surface area (Å²) in [5.74, 6) is 0.00918. The largest absolute Gasteiger partial charge is 0.369 e. The third kappa shape index (κ3) is 1.77. The number of hydrogen-bond acceptors (Lipinski definition) is 3. The summed E-state index contributed by atoms with van der Waals surface area (Å²) >= 11 is 0. The maximum atomic E-state index is 12.8. The smallest absolute Gasteiger partial charge is 0.327 e. The first kappa shape index (κ1) is 13.6. The SMILES string of the molecule is C[C@]12CCCN1C(=O)N([C@H]1CCN(c3ccccc3)C1)C2=O. The van der Waals surface area contributed by atoms with Crippen LogP contribution in [-0.4, -0.2) is 53.0 Å². The van der Waals surface area contributed by atoms with Gasteiger partial charge in [0, 0.05) is 25.3 Å². The van der Waals surface area contributed by atoms with Crippen molar-refractivity contribution >= 4 is 17.6 Å². The minimum absolute atomic E-state index is 0.00244. The zero-order valence-electron chi connectivity index (χ0n) is 12.9. The molecule has 3 aliphatic heterocycles. The molecular weight excluding hydrogens is 278 g/mol. The van der Waals surface area contributed by atoms with Gasteiger partial charge in [-0.2, -0.15) is 0 Å². The summed E-state index contributed by atoms with van der Waals surface area (Å²) in [5.41, 5.74) is 0.577. The van der Waals surface area contributed by atoms with Crippen molar-refractivity contribution in [2.75, 3.05) is 24.5 Å². The van der Waals surface area contributed by atoms with E-state index in [0.717, 1.165) is 38.0 Å². The van der Waals surface area contributed by atoms with E-state index in [9.17, 15) is 9.59 Å². The number of carbonyl (C=O) groups excluding carboxylic acids is 2. The summed E-state index contributed by atoms with van der Waals surface area (Å²) in [5, 5.41) is 0. The Bertz CT molecular complexity index is 618. The molecule has 0 aromatic heterocycles. The molecule has 3 heterocycles. The molecule has 0 saturated carbocycles. The number of rotatable bonds is 2. The summed E-state index contributed by atoms with van der Waals surface area (Å²) in [6.07, 6.45) is 2.59. The standard InChI is InChI=1S/C17H21N3O2/c1-17-9-5-10-19(17)16(22)20(15(17)21)14-8-11-18(12-14)13-6-3-2-4-7-13/h2-4,6-7,14H,5,8-12H2,1H3/t14-,17+/m0/s1. The van der Waals surface area contributed by atoms with E-state index in [1.165, 1.54) is 0 Å². The molecule has 3 aliphatic rings. The molecule has 0 radical (unpaired) electrons. The highest BCUT2D eigenvalue weighted by atomic mass is 16.2. The van der Waals surface area contributed by atoms with Gasteiger partial charge in [0.25, 0.3) is 5.91 Å². The van der Waals surface area contributed by atoms with Crippen molar-refractivity contribution in [1.82, 2.24) is 9.80 Å². The number of nitrogens with zero attached hydrogens (tertiary/aromatic N) is 3. The molecule has 1 aromatic rings. The Hall–Kier alpha value is -2.04. The monoisotopic (exact) mass is 299 g/mol. The van der Waals surface area contributed by atoms with Gasteiger partial charge in [0.15, 0.2) is 0 Å². The molecule has 5 nitrogen and oxygen atoms in total. The van der Waals surface area contributed by atoms with Gasteiger partial charge in [-0.25, -0.2) is 4.79 Å². The van der Waals surface area contributed by atoms with Gasteiger partial charge in [0.1, 0.15) is 5.54 Å². The number of urea groups is 1. The topological polar surface area (TPSA) is 43.9 Å². The van der Waals surface area contributed by atoms with Gasteiger partial charge in [-0.1, -0.05) is 18.2 Å². The van der Waals surface area contributed by atoms with Crippen molar-refractivity contribution in [1.29, 1.82) is 0 Å². The second kappa shape index (κ2) is 4.73. The van der Waals surface area contributed by atoms with Gasteiger partial charge in [-0.3, -0.25) is 9.69 Å². The molecule has 4 rings (SSSR count). The van der Waals surface area contributed by atoms with Gasteiger partial charge in [0.05, 0.1) is 6.04 Å². The van der Waals surface area contributed by atoms with Gasteiger partial charge < -0.3 is 9.80 Å². The lowest BCUT2D eigenvalue weighted by Gasteiger charge is -2.24. The maximum absolute atomic E-state index is 12.8. The van der Waals surface area contributed by atoms with Gasteiger partial charge >= 0.3 is 6.03 Å². The number of amides is 3. The van der Waals surface area contributed by atoms with Gasteiger partial charge in [0.2, 0.25) is 0 Å². The zero-order chi connectivity index (χ0) is 15.3. The van der Waals surface area contributed by atoms with Crippen LogP contribution in [0.2, 0.25) is 0 Å². The molecule has 1 aromatic carbocycles. The molecule has 2 atom stereocenters. The molecular formula is C17H21N3O2. The quantitative estimate of drug-likeness (QED) is 0.785. The Morgan fingerprint density at radius 3 is 2.64 bits per heavy atom. The molecule has 0 spiro atoms. The summed E-state index contributed by atoms with van der Waals surface area (Å²) < 4.78 is 0. The Balaban J connectivity index is 1.54. The Morgan fingerprint density at radius 1 is 1.14 bits per heavy atom. The fourth-order valence-corrected chi connectivity index (χ4v) is 4.12. The second-order valence-electron chi connectivity index (χ2n) is 6.71. The van der Waals surface area contributed by atoms with E-state index in [-0.39, 0.29) is 18.0 Å². The zero-order valence-corrected chi connectivity index (χ0v) is 12.9. The highest BCUT2D eigenvalue weighted by Crippen LogP contribution is 2.39. The predicted molar refractivity (Wildman–Crippen MR) is 83.6 cm³/mol. The van der Waals surface area contributed by atoms with E-state index >= 15 is 0 Å². The minimum Gasteiger partial charge on any atom is -0.369 e. The van der Waals surface area contributed by atoms with Crippen LogP contribution in [0.25, 0.3) is 0 Å². The molecule has 5 heteroatoms. The lowest BCUT2D eigenvalue weighted by atomic mass is 9.99. The third-order valence-corrected chi connectivity index (χ3v) is 5.41. The van der Waals surface area contributed by atoms with Crippen LogP contribution in [0.3, 0.4) is 0 Å². The van der Waals surface area contributed by atoms with Crippen LogP contribution in [0.4, 0.5) is 10.5 Å². The fraction of sp³-hybridized carbons (Fsp3) is 0.529. The average Bonchev–Trinajstić information content (AvgIpc) is 3.19. The van der Waals surface area contributed by atoms with Gasteiger partial charge in [-0.05, 0) is 38.3 Å². The van der Waals surface area contributed by atoms with Crippen LogP contribution in [0.5, 0.6) is 0 Å². The number of para-hydroxylation sites is 1. The first-order chi connectivity index (χ1) is 10.6. The maximum Gasteiger partial charge on any atom is 0.327 e. The Labute approximate surface area is 130 Å². The molecule has 0 bridgehead atoms. The van der Waals surface area contributed by atoms with Crippen molar-refractivity contribution in [2.45, 2.75) is 37.8 Å². The molecule has 0 aliphatic carbocycles. The first-order valence-electron chi connectivity index (χ1n) is 8.06. The van der Waals surface area contributed by atoms with Crippen LogP contribution in [0, 0.1) is 0 Å². The lowest BCUT2D eigenvalue weighted by molar-refractivity contribution is -0.133. The third-order valence-electron chi connectivity index (χ3n) is 5.41. The molecule has 22 heavy (non-hydrogen) atoms. The number of anilines is 1. The summed E-state index contributed by atoms with van der Waals surface area (Å²) in [6, 6.07) is 10.1. The van der Waals surface area contributed by atoms with E-state index in [4.69, 9.17) is 0 Å². The van der Waals surface area contributed by atoms with Crippen LogP contribution < -0.4 is 4.90 Å². The average molecular weight is 299 g/mol. The highest BCUT2D eigenvalue weighted by Gasteiger charge is 2.58. The van der Waals surface area contributed by atoms with Crippen molar-refractivity contribution in [3.8, 4) is 0 Å². The molecule has 3 fully saturated rings. The normalized spacial score (nSPS) is 31.3. The van der Waals surface area contributed by atoms with Gasteiger partial charge in [-0.15, -0.1) is 0 Å². The summed E-state index contributed by atoms with van der Waals surface area (Å²) in [6.45, 7) is 4.27. The van der Waals surface area contributed by atoms with E-state index < -0.39 is 5.54 Å². The van der Waals surface area contributed by atoms with Crippen molar-refractivity contribution < 1.29 is 9.59 Å². The van der Waals surface area contributed by atoms with Crippen LogP contribution >= 0.6 is 0 Å². The lowest BCUT2D eigenvalue weighted by Crippen LogP contribution is -2.45. The molecule has 0 unspecified atom stereocenters. The van der Waals surface area contributed by atoms with Crippen molar-refractivity contribution in [3.05, 3.63) is 30.3 Å². The van der Waals surface area contributed by atoms with E-state index in [2.05, 4.69) is 17.0 Å². The Morgan fingerprint density at radius 2 is 1.91 bits per heavy atom. The number of hydrogen-bond donors (Lipinski definition) is 0. The number of benzene rings is 1. The van der Waals surface area contributed by atoms with Crippen molar-refractivity contribution in [2.24, 2.45) is 0 Å². The summed E-state index contributed by atoms with van der Waals surface area (Å²) in [4.78, 5) is 31.0. The van der Waals surface area contributed by atoms with E-state index in [0.29, 0.717) is 6.54 Å².